The zero-order valence-corrected chi connectivity index (χ0v) is 216. The fourth-order valence-corrected chi connectivity index (χ4v) is 13200. The van der Waals surface area contributed by atoms with E-state index in [0.717, 1.165) is 0 Å². The van der Waals surface area contributed by atoms with Crippen molar-refractivity contribution in [3.05, 3.63) is 211 Å². The van der Waals surface area contributed by atoms with Gasteiger partial charge < -0.3 is 19.6 Å². The standard InChI is InChI=1S/C32H29BN2.C32H32N2.CH4.I69/c1-31-20-8-9-21-32(31,2)35-28-19-11-18-27-29(28)33(25-16-10-14-23(31)30(25)35)24-15-6-7-17-26(24)34(27)22-12-4-3-5-13-22;1-31-22-11-12-23-32(31,2)34(30-21-10-9-20-29(30)31)28-19-13-18-27(24-28)33(25-14-5-3-6-15-25)26-16-7-4-8-17-26;;1-36-38(4)40(6)42(8)44(10)46(12)48(14)50(16)52(18)54(20)56(22)58(24)60(26)62(28)64(30)66(32)68(34)69(35)67(33)65(31)63(29)61(27)59(25)57(23)55(21)53(19)51(17)49(15)47(13)45(11)43(9)41(7)39(5)37(2)3/h3-7,10-19H,8-9,20-21H2,1-2H3;3-10,13-21,24H,11-12,22-23H2,1-2H3;1H4;/q;;;-1. The molecule has 832 valence electrons. The van der Waals surface area contributed by atoms with Crippen LogP contribution >= 0.6 is 912 Å². The zero-order valence-electron chi connectivity index (χ0n) is 66.7. The predicted molar refractivity (Wildman–Crippen MR) is 1250 cm³/mol. The number of halogens is 69. The van der Waals surface area contributed by atoms with E-state index in [9.17, 15) is 0 Å². The molecule has 6 aliphatic rings. The summed E-state index contributed by atoms with van der Waals surface area (Å²) in [6.07, 6.45) is 10.2. The van der Waals surface area contributed by atoms with Crippen LogP contribution in [0.1, 0.15) is 97.6 Å². The van der Waals surface area contributed by atoms with Crippen LogP contribution in [0.4, 0.5) is 56.9 Å². The molecule has 14 rings (SSSR count). The van der Waals surface area contributed by atoms with Gasteiger partial charge in [0, 0.05) is 67.7 Å². The van der Waals surface area contributed by atoms with Crippen LogP contribution in [0.3, 0.4) is 0 Å². The first kappa shape index (κ1) is 162. The summed E-state index contributed by atoms with van der Waals surface area (Å²) in [6, 6.07) is 73.7. The molecule has 0 saturated heterocycles. The third-order valence-electron chi connectivity index (χ3n) is 20.8. The molecule has 4 aliphatic heterocycles. The van der Waals surface area contributed by atoms with Crippen molar-refractivity contribution in [2.24, 2.45) is 0 Å². The molecule has 8 aromatic carbocycles. The van der Waals surface area contributed by atoms with Gasteiger partial charge in [-0.1, -0.05) is 168 Å². The molecule has 8 aromatic rings. The van der Waals surface area contributed by atoms with Crippen LogP contribution in [0.5, 0.6) is 0 Å². The molecule has 2 fully saturated rings. The van der Waals surface area contributed by atoms with Gasteiger partial charge in [0.25, 0.3) is 6.71 Å². The molecule has 4 heterocycles. The molecule has 0 bridgehead atoms. The van der Waals surface area contributed by atoms with E-state index in [2.05, 4.69) is 899 Å². The second-order valence-electron chi connectivity index (χ2n) is 26.9. The maximum absolute atomic E-state index is 3.44. The fourth-order valence-electron chi connectivity index (χ4n) is 15.5. The Balaban J connectivity index is 0.000000217. The van der Waals surface area contributed by atoms with Crippen molar-refractivity contribution in [1.82, 2.24) is 0 Å². The molecule has 0 aromatic heterocycles. The van der Waals surface area contributed by atoms with Crippen LogP contribution in [0.2, 0.25) is 0 Å². The Kier molecular flexibility index (Phi) is 95.6. The van der Waals surface area contributed by atoms with Crippen LogP contribution in [0.15, 0.2) is 200 Å². The van der Waals surface area contributed by atoms with Crippen molar-refractivity contribution in [2.75, 3.05) is 19.6 Å². The molecule has 139 heavy (non-hydrogen) atoms. The van der Waals surface area contributed by atoms with Gasteiger partial charge in [0.2, 0.25) is 0 Å². The Morgan fingerprint density at radius 2 is 0.547 bits per heavy atom. The second kappa shape index (κ2) is 81.9. The van der Waals surface area contributed by atoms with Crippen molar-refractivity contribution >= 4 is 992 Å². The van der Waals surface area contributed by atoms with Crippen molar-refractivity contribution in [3.8, 4) is 0 Å². The molecular formula is C65H65BI69N4-. The third kappa shape index (κ3) is 42.8. The Labute approximate surface area is 1280 Å². The summed E-state index contributed by atoms with van der Waals surface area (Å²) in [5, 5.41) is 0. The number of nitrogens with zero attached hydrogens (tertiary/aromatic N) is 4. The van der Waals surface area contributed by atoms with Crippen LogP contribution in [0.25, 0.3) is 0 Å². The average molecular weight is 9670 g/mol. The Hall–Kier alpha value is 43.4. The number of hydrogen-bond donors (Lipinski definition) is 0. The molecular weight excluding hydrogens is 9600 g/mol. The van der Waals surface area contributed by atoms with Crippen molar-refractivity contribution in [2.45, 2.75) is 108 Å². The fraction of sp³-hybridized carbons (Fsp3) is 0.262. The summed E-state index contributed by atoms with van der Waals surface area (Å²) in [5.74, 6) is 0. The Bertz CT molecular complexity index is 5240. The first-order valence-corrected chi connectivity index (χ1v) is 463. The summed E-state index contributed by atoms with van der Waals surface area (Å²) in [7, 11) is -18.8. The Morgan fingerprint density at radius 1 is 0.266 bits per heavy atom. The summed E-state index contributed by atoms with van der Waals surface area (Å²) in [6.45, 7) is 10.3. The van der Waals surface area contributed by atoms with Gasteiger partial charge in [0.15, 0.2) is 0 Å². The maximum atomic E-state index is 3.44. The van der Waals surface area contributed by atoms with Crippen LogP contribution in [0, 0.1) is 0 Å². The number of para-hydroxylation sites is 6. The van der Waals surface area contributed by atoms with Gasteiger partial charge in [-0.3, -0.25) is 0 Å². The van der Waals surface area contributed by atoms with Crippen LogP contribution in [-0.2, 0) is 10.8 Å². The zero-order chi connectivity index (χ0) is 101. The minimum atomic E-state index is -0.620. The normalized spacial score (nSPS) is 21.4. The van der Waals surface area contributed by atoms with E-state index in [0.29, 0.717) is 13.3 Å². The topological polar surface area (TPSA) is 13.0 Å². The van der Waals surface area contributed by atoms with Gasteiger partial charge in [-0.2, -0.15) is 0 Å². The van der Waals surface area contributed by atoms with E-state index < -0.39 is 261 Å². The van der Waals surface area contributed by atoms with Gasteiger partial charge in [-0.15, -0.1) is 0 Å². The predicted octanol–water partition coefficient (Wildman–Crippen LogP) is 72.8. The van der Waals surface area contributed by atoms with Gasteiger partial charge in [0.1, 0.15) is 0 Å². The summed E-state index contributed by atoms with van der Waals surface area (Å²) >= 11 is 117. The van der Waals surface area contributed by atoms with Gasteiger partial charge in [0.05, 0.1) is 11.1 Å². The first-order chi connectivity index (χ1) is 65.2. The quantitative estimate of drug-likeness (QED) is 0.0282. The molecule has 0 N–H and O–H groups in total. The monoisotopic (exact) mass is 9670 g/mol. The molecule has 2 saturated carbocycles. The number of anilines is 10. The molecule has 2 aliphatic carbocycles. The van der Waals surface area contributed by atoms with Gasteiger partial charge >= 0.3 is 925 Å². The summed E-state index contributed by atoms with van der Waals surface area (Å²) in [5.41, 5.74) is 20.9. The van der Waals surface area contributed by atoms with Crippen LogP contribution < -0.4 is 49.2 Å². The number of fused-ring (bicyclic) bond motifs is 10. The second-order valence-corrected chi connectivity index (χ2v) is 1650. The van der Waals surface area contributed by atoms with E-state index in [1.165, 1.54) is 130 Å². The third-order valence-corrected chi connectivity index (χ3v) is 5390. The average Bonchev–Trinajstić information content (AvgIpc) is 1.52. The van der Waals surface area contributed by atoms with Gasteiger partial charge in [-0.25, -0.2) is 0 Å². The van der Waals surface area contributed by atoms with E-state index in [1.54, 1.807) is 5.56 Å². The summed E-state index contributed by atoms with van der Waals surface area (Å²) < 4.78 is 0. The molecule has 74 heteroatoms. The Morgan fingerprint density at radius 3 is 0.942 bits per heavy atom. The first-order valence-electron chi connectivity index (χ1n) is 35.4. The molecule has 4 nitrogen and oxygen atoms in total. The molecule has 0 amide bonds. The SMILES string of the molecule is C.CC12CCCCC1(C)N(c1cccc(N(c3ccccc3)c3ccccc3)c1)c1ccccc12.CC12CCCCC1(C)N1c3cccc4c3B(c3ccccc3N4c3ccccc3)c3cccc2c31.I[I-]I(I)I(I)I(I)I(I)I(I)I(I)I(I)I(I)I(I)I(I)I(I)I(I)I(I)I(I)I(I)I(I)I(I)I(I)I(I)I(I)I(I)I(I)I(I)I(I)I(I)I(I)I(I)I(I)I(I)I(I)I(I)I(I)I(I)I. The molecule has 4 unspecified atom stereocenters. The van der Waals surface area contributed by atoms with E-state index in [1.807, 2.05) is 0 Å². The molecule has 0 radical (unpaired) electrons. The number of benzene rings is 8. The van der Waals surface area contributed by atoms with E-state index in [4.69, 9.17) is 0 Å². The number of rotatable bonds is 38. The van der Waals surface area contributed by atoms with Crippen LogP contribution in [-0.4, -0.2) is 17.8 Å². The van der Waals surface area contributed by atoms with Crippen molar-refractivity contribution in [1.29, 1.82) is 0 Å². The minimum absolute atomic E-state index is 0. The van der Waals surface area contributed by atoms with E-state index in [-0.39, 0.29) is 36.0 Å². The van der Waals surface area contributed by atoms with Crippen molar-refractivity contribution < 1.29 is 13.3 Å². The van der Waals surface area contributed by atoms with E-state index >= 15 is 0 Å². The van der Waals surface area contributed by atoms with Gasteiger partial charge in [-0.05, 0) is 146 Å². The molecule has 0 spiro atoms. The summed E-state index contributed by atoms with van der Waals surface area (Å²) in [4.78, 5) is 10.3. The molecule has 4 atom stereocenters. The van der Waals surface area contributed by atoms with Crippen molar-refractivity contribution in [3.63, 3.8) is 0 Å². The number of hydrogen-bond acceptors (Lipinski definition) is 4.